The van der Waals surface area contributed by atoms with Crippen LogP contribution in [0.4, 0.5) is 4.79 Å². The van der Waals surface area contributed by atoms with E-state index < -0.39 is 11.8 Å². The highest BCUT2D eigenvalue weighted by Gasteiger charge is 2.22. The maximum absolute atomic E-state index is 9.88. The van der Waals surface area contributed by atoms with Crippen LogP contribution in [0.2, 0.25) is 0 Å². The van der Waals surface area contributed by atoms with Gasteiger partial charge in [0.25, 0.3) is 0 Å². The van der Waals surface area contributed by atoms with Crippen molar-refractivity contribution in [2.45, 2.75) is 39.7 Å². The van der Waals surface area contributed by atoms with Crippen LogP contribution < -0.4 is 0 Å². The molecule has 0 aromatic rings. The predicted octanol–water partition coefficient (Wildman–Crippen LogP) is 2.37. The predicted molar refractivity (Wildman–Crippen MR) is 44.8 cm³/mol. The van der Waals surface area contributed by atoms with E-state index in [4.69, 9.17) is 9.99 Å². The van der Waals surface area contributed by atoms with Crippen molar-refractivity contribution in [1.29, 1.82) is 0 Å². The minimum atomic E-state index is -1.53. The Hall–Kier alpha value is -0.810. The van der Waals surface area contributed by atoms with Gasteiger partial charge in [0.15, 0.2) is 0 Å². The summed E-state index contributed by atoms with van der Waals surface area (Å²) in [4.78, 5) is 18.4. The SMILES string of the molecule is CC(C)CC(C)(C)OOOC(=O)O. The van der Waals surface area contributed by atoms with E-state index in [1.165, 1.54) is 0 Å². The van der Waals surface area contributed by atoms with Crippen LogP contribution in [0, 0.1) is 5.92 Å². The van der Waals surface area contributed by atoms with Crippen LogP contribution >= 0.6 is 0 Å². The quantitative estimate of drug-likeness (QED) is 0.535. The Bertz CT molecular complexity index is 164. The molecule has 0 aliphatic carbocycles. The van der Waals surface area contributed by atoms with Gasteiger partial charge in [-0.15, -0.1) is 0 Å². The van der Waals surface area contributed by atoms with Crippen LogP contribution in [0.15, 0.2) is 0 Å². The summed E-state index contributed by atoms with van der Waals surface area (Å²) in [5, 5.41) is 12.1. The first kappa shape index (κ1) is 12.2. The van der Waals surface area contributed by atoms with Gasteiger partial charge in [0.1, 0.15) is 5.60 Å². The van der Waals surface area contributed by atoms with Crippen molar-refractivity contribution in [2.75, 3.05) is 0 Å². The van der Waals surface area contributed by atoms with Gasteiger partial charge in [-0.25, -0.2) is 9.68 Å². The van der Waals surface area contributed by atoms with Gasteiger partial charge in [-0.1, -0.05) is 13.8 Å². The molecule has 0 atom stereocenters. The van der Waals surface area contributed by atoms with Crippen LogP contribution in [-0.4, -0.2) is 16.9 Å². The van der Waals surface area contributed by atoms with Crippen molar-refractivity contribution in [3.8, 4) is 0 Å². The molecule has 0 spiro atoms. The van der Waals surface area contributed by atoms with Crippen molar-refractivity contribution in [3.05, 3.63) is 0 Å². The molecule has 0 unspecified atom stereocenters. The van der Waals surface area contributed by atoms with Gasteiger partial charge in [-0.2, -0.15) is 4.89 Å². The average molecular weight is 192 g/mol. The first-order valence-electron chi connectivity index (χ1n) is 4.09. The lowest BCUT2D eigenvalue weighted by molar-refractivity contribution is -0.517. The molecule has 0 aliphatic rings. The minimum Gasteiger partial charge on any atom is -0.448 e. The lowest BCUT2D eigenvalue weighted by Gasteiger charge is -2.23. The maximum Gasteiger partial charge on any atom is 0.540 e. The van der Waals surface area contributed by atoms with Gasteiger partial charge in [0.2, 0.25) is 0 Å². The van der Waals surface area contributed by atoms with Crippen LogP contribution in [0.3, 0.4) is 0 Å². The fraction of sp³-hybridized carbons (Fsp3) is 0.875. The van der Waals surface area contributed by atoms with Gasteiger partial charge in [-0.3, -0.25) is 0 Å². The fourth-order valence-corrected chi connectivity index (χ4v) is 1.16. The number of carbonyl (C=O) groups is 1. The molecule has 0 fully saturated rings. The molecule has 0 radical (unpaired) electrons. The smallest absolute Gasteiger partial charge is 0.448 e. The minimum absolute atomic E-state index is 0.434. The Morgan fingerprint density at radius 2 is 2.00 bits per heavy atom. The van der Waals surface area contributed by atoms with E-state index in [1.54, 1.807) is 13.8 Å². The normalized spacial score (nSPS) is 11.8. The molecule has 78 valence electrons. The average Bonchev–Trinajstić information content (AvgIpc) is 1.81. The second kappa shape index (κ2) is 5.04. The van der Waals surface area contributed by atoms with E-state index in [-0.39, 0.29) is 0 Å². The molecule has 0 saturated heterocycles. The topological polar surface area (TPSA) is 65.0 Å². The Morgan fingerprint density at radius 3 is 2.38 bits per heavy atom. The molecule has 0 bridgehead atoms. The monoisotopic (exact) mass is 192 g/mol. The third kappa shape index (κ3) is 7.55. The van der Waals surface area contributed by atoms with E-state index >= 15 is 0 Å². The number of rotatable bonds is 5. The van der Waals surface area contributed by atoms with E-state index in [1.807, 2.05) is 13.8 Å². The lowest BCUT2D eigenvalue weighted by atomic mass is 9.97. The van der Waals surface area contributed by atoms with Gasteiger partial charge in [0, 0.05) is 0 Å². The summed E-state index contributed by atoms with van der Waals surface area (Å²) in [5.41, 5.74) is -0.552. The first-order chi connectivity index (χ1) is 5.83. The van der Waals surface area contributed by atoms with Gasteiger partial charge < -0.3 is 5.11 Å². The summed E-state index contributed by atoms with van der Waals surface area (Å²) in [6, 6.07) is 0. The van der Waals surface area contributed by atoms with Crippen molar-refractivity contribution in [1.82, 2.24) is 0 Å². The fourth-order valence-electron chi connectivity index (χ4n) is 1.16. The molecule has 0 aromatic carbocycles. The highest BCUT2D eigenvalue weighted by Crippen LogP contribution is 2.20. The summed E-state index contributed by atoms with van der Waals surface area (Å²) < 4.78 is 0. The third-order valence-electron chi connectivity index (χ3n) is 1.26. The molecule has 0 amide bonds. The summed E-state index contributed by atoms with van der Waals surface area (Å²) >= 11 is 0. The highest BCUT2D eigenvalue weighted by atomic mass is 17.5. The van der Waals surface area contributed by atoms with Crippen molar-refractivity contribution in [2.24, 2.45) is 5.92 Å². The van der Waals surface area contributed by atoms with E-state index in [0.29, 0.717) is 5.92 Å². The third-order valence-corrected chi connectivity index (χ3v) is 1.26. The standard InChI is InChI=1S/C8H16O5/c1-6(2)5-8(3,4)12-13-11-7(9)10/h6H,5H2,1-4H3,(H,9,10). The molecule has 0 aromatic heterocycles. The zero-order valence-electron chi connectivity index (χ0n) is 8.36. The number of carboxylic acid groups (broad SMARTS) is 1. The largest absolute Gasteiger partial charge is 0.540 e. The Kier molecular flexibility index (Phi) is 4.72. The second-order valence-electron chi connectivity index (χ2n) is 3.86. The highest BCUT2D eigenvalue weighted by molar-refractivity contribution is 5.55. The van der Waals surface area contributed by atoms with Gasteiger partial charge in [0.05, 0.1) is 0 Å². The molecule has 0 rings (SSSR count). The van der Waals surface area contributed by atoms with Gasteiger partial charge >= 0.3 is 6.16 Å². The molecule has 5 heteroatoms. The molecule has 0 saturated carbocycles. The van der Waals surface area contributed by atoms with Crippen molar-refractivity contribution in [3.63, 3.8) is 0 Å². The summed E-state index contributed by atoms with van der Waals surface area (Å²) in [6.45, 7) is 7.64. The van der Waals surface area contributed by atoms with Crippen molar-refractivity contribution >= 4 is 6.16 Å². The molecule has 13 heavy (non-hydrogen) atoms. The number of hydrogen-bond acceptors (Lipinski definition) is 4. The summed E-state index contributed by atoms with van der Waals surface area (Å²) in [5.74, 6) is 0.434. The zero-order chi connectivity index (χ0) is 10.5. The molecular formula is C8H16O5. The summed E-state index contributed by atoms with van der Waals surface area (Å²) in [7, 11) is 0. The Morgan fingerprint density at radius 1 is 1.46 bits per heavy atom. The van der Waals surface area contributed by atoms with E-state index in [0.717, 1.165) is 6.42 Å². The first-order valence-corrected chi connectivity index (χ1v) is 4.09. The molecule has 5 nitrogen and oxygen atoms in total. The molecule has 0 heterocycles. The van der Waals surface area contributed by atoms with Crippen LogP contribution in [0.5, 0.6) is 0 Å². The van der Waals surface area contributed by atoms with Crippen LogP contribution in [-0.2, 0) is 14.8 Å². The molecular weight excluding hydrogens is 176 g/mol. The van der Waals surface area contributed by atoms with Crippen LogP contribution in [0.1, 0.15) is 34.1 Å². The Labute approximate surface area is 77.4 Å². The zero-order valence-corrected chi connectivity index (χ0v) is 8.36. The number of hydrogen-bond donors (Lipinski definition) is 1. The molecule has 1 N–H and O–H groups in total. The van der Waals surface area contributed by atoms with Crippen molar-refractivity contribution < 1.29 is 24.7 Å². The summed E-state index contributed by atoms with van der Waals surface area (Å²) in [6.07, 6.45) is -0.781. The van der Waals surface area contributed by atoms with E-state index in [2.05, 4.69) is 9.93 Å². The van der Waals surface area contributed by atoms with E-state index in [9.17, 15) is 4.79 Å². The van der Waals surface area contributed by atoms with Gasteiger partial charge in [-0.05, 0) is 31.2 Å². The maximum atomic E-state index is 9.88. The lowest BCUT2D eigenvalue weighted by Crippen LogP contribution is -2.27. The molecule has 0 aliphatic heterocycles. The second-order valence-corrected chi connectivity index (χ2v) is 3.86. The van der Waals surface area contributed by atoms with Crippen LogP contribution in [0.25, 0.3) is 0 Å². The Balaban J connectivity index is 3.68.